The lowest BCUT2D eigenvalue weighted by Crippen LogP contribution is -2.22. The molecule has 0 spiro atoms. The van der Waals surface area contributed by atoms with Crippen LogP contribution in [0.1, 0.15) is 29.4 Å². The topological polar surface area (TPSA) is 29.9 Å². The van der Waals surface area contributed by atoms with E-state index in [1.807, 2.05) is 17.8 Å². The first-order valence-electron chi connectivity index (χ1n) is 6.73. The number of alkyl halides is 3. The van der Waals surface area contributed by atoms with Crippen molar-refractivity contribution in [2.24, 2.45) is 7.05 Å². The van der Waals surface area contributed by atoms with Gasteiger partial charge in [0.25, 0.3) is 0 Å². The van der Waals surface area contributed by atoms with Gasteiger partial charge in [-0.15, -0.1) is 0 Å². The van der Waals surface area contributed by atoms with Crippen molar-refractivity contribution in [2.75, 3.05) is 7.05 Å². The molecule has 1 aromatic carbocycles. The number of hydrogen-bond acceptors (Lipinski definition) is 2. The van der Waals surface area contributed by atoms with Crippen molar-refractivity contribution in [3.05, 3.63) is 53.6 Å². The van der Waals surface area contributed by atoms with Gasteiger partial charge < -0.3 is 9.88 Å². The maximum absolute atomic E-state index is 13.1. The Morgan fingerprint density at radius 1 is 1.29 bits per heavy atom. The molecule has 2 rings (SSSR count). The zero-order valence-electron chi connectivity index (χ0n) is 12.0. The molecule has 0 radical (unpaired) electrons. The number of rotatable bonds is 5. The Hall–Kier alpha value is -1.82. The zero-order valence-corrected chi connectivity index (χ0v) is 12.0. The lowest BCUT2D eigenvalue weighted by atomic mass is 9.96. The van der Waals surface area contributed by atoms with Gasteiger partial charge in [0.05, 0.1) is 5.56 Å². The molecule has 1 N–H and O–H groups in total. The van der Waals surface area contributed by atoms with E-state index in [-0.39, 0.29) is 11.6 Å². The highest BCUT2D eigenvalue weighted by Crippen LogP contribution is 2.35. The Bertz CT molecular complexity index is 590. The summed E-state index contributed by atoms with van der Waals surface area (Å²) in [5.41, 5.74) is -0.300. The van der Waals surface area contributed by atoms with Gasteiger partial charge >= 0.3 is 6.18 Å². The first kappa shape index (κ1) is 15.6. The van der Waals surface area contributed by atoms with Crippen LogP contribution >= 0.6 is 0 Å². The molecule has 6 heteroatoms. The third-order valence-electron chi connectivity index (χ3n) is 3.57. The summed E-state index contributed by atoms with van der Waals surface area (Å²) in [6.45, 7) is 0. The molecule has 3 nitrogen and oxygen atoms in total. The van der Waals surface area contributed by atoms with E-state index in [4.69, 9.17) is 0 Å². The van der Waals surface area contributed by atoms with Gasteiger partial charge in [-0.1, -0.05) is 18.2 Å². The second kappa shape index (κ2) is 6.30. The maximum Gasteiger partial charge on any atom is 0.416 e. The average Bonchev–Trinajstić information content (AvgIpc) is 2.84. The lowest BCUT2D eigenvalue weighted by Gasteiger charge is -2.21. The first-order chi connectivity index (χ1) is 9.93. The lowest BCUT2D eigenvalue weighted by molar-refractivity contribution is -0.138. The number of hydrogen-bond donors (Lipinski definition) is 1. The smallest absolute Gasteiger partial charge is 0.338 e. The second-order valence-corrected chi connectivity index (χ2v) is 4.92. The molecule has 0 saturated carbocycles. The highest BCUT2D eigenvalue weighted by atomic mass is 19.4. The molecule has 0 saturated heterocycles. The average molecular weight is 297 g/mol. The van der Waals surface area contributed by atoms with E-state index in [0.717, 1.165) is 11.9 Å². The molecule has 0 bridgehead atoms. The van der Waals surface area contributed by atoms with E-state index in [2.05, 4.69) is 10.3 Å². The van der Waals surface area contributed by atoms with Crippen LogP contribution in [-0.4, -0.2) is 16.6 Å². The van der Waals surface area contributed by atoms with Gasteiger partial charge in [0, 0.05) is 31.9 Å². The van der Waals surface area contributed by atoms with E-state index in [1.165, 1.54) is 12.1 Å². The summed E-state index contributed by atoms with van der Waals surface area (Å²) in [5, 5.41) is 2.98. The Morgan fingerprint density at radius 2 is 2.00 bits per heavy atom. The Balaban J connectivity index is 2.20. The minimum atomic E-state index is -4.34. The van der Waals surface area contributed by atoms with E-state index >= 15 is 0 Å². The van der Waals surface area contributed by atoms with Crippen molar-refractivity contribution in [1.29, 1.82) is 0 Å². The Labute approximate surface area is 121 Å². The summed E-state index contributed by atoms with van der Waals surface area (Å²) in [6.07, 6.45) is 0.339. The summed E-state index contributed by atoms with van der Waals surface area (Å²) in [5.74, 6) is 0.861. The molecule has 1 atom stereocenters. The molecule has 1 unspecified atom stereocenters. The molecule has 0 aliphatic heterocycles. The van der Waals surface area contributed by atoms with Crippen LogP contribution in [0.4, 0.5) is 13.2 Å². The highest BCUT2D eigenvalue weighted by molar-refractivity contribution is 5.32. The van der Waals surface area contributed by atoms with Crippen LogP contribution in [0.3, 0.4) is 0 Å². The predicted molar refractivity (Wildman–Crippen MR) is 74.8 cm³/mol. The fraction of sp³-hybridized carbons (Fsp3) is 0.400. The molecule has 0 amide bonds. The van der Waals surface area contributed by atoms with Crippen LogP contribution in [0.15, 0.2) is 36.7 Å². The maximum atomic E-state index is 13.1. The third kappa shape index (κ3) is 3.64. The normalized spacial score (nSPS) is 13.4. The van der Waals surface area contributed by atoms with Gasteiger partial charge in [0.15, 0.2) is 0 Å². The number of imidazole rings is 1. The molecule has 0 fully saturated rings. The van der Waals surface area contributed by atoms with Gasteiger partial charge in [0.1, 0.15) is 5.82 Å². The summed E-state index contributed by atoms with van der Waals surface area (Å²) in [7, 11) is 3.55. The van der Waals surface area contributed by atoms with E-state index < -0.39 is 11.7 Å². The van der Waals surface area contributed by atoms with Crippen LogP contribution in [0, 0.1) is 0 Å². The van der Waals surface area contributed by atoms with Crippen molar-refractivity contribution in [3.8, 4) is 0 Å². The number of benzene rings is 1. The fourth-order valence-corrected chi connectivity index (χ4v) is 2.43. The molecule has 21 heavy (non-hydrogen) atoms. The van der Waals surface area contributed by atoms with Crippen molar-refractivity contribution < 1.29 is 13.2 Å². The number of nitrogens with zero attached hydrogens (tertiary/aromatic N) is 2. The number of aryl methyl sites for hydroxylation is 2. The highest BCUT2D eigenvalue weighted by Gasteiger charge is 2.34. The van der Waals surface area contributed by atoms with Crippen LogP contribution < -0.4 is 5.32 Å². The van der Waals surface area contributed by atoms with E-state index in [1.54, 1.807) is 19.3 Å². The number of halogens is 3. The molecule has 0 aliphatic carbocycles. The van der Waals surface area contributed by atoms with E-state index in [9.17, 15) is 13.2 Å². The van der Waals surface area contributed by atoms with Crippen molar-refractivity contribution >= 4 is 0 Å². The molecule has 2 aromatic rings. The molecular formula is C15H18F3N3. The van der Waals surface area contributed by atoms with Crippen LogP contribution in [0.2, 0.25) is 0 Å². The van der Waals surface area contributed by atoms with Crippen LogP contribution in [0.25, 0.3) is 0 Å². The molecule has 1 aromatic heterocycles. The second-order valence-electron chi connectivity index (χ2n) is 4.92. The summed E-state index contributed by atoms with van der Waals surface area (Å²) < 4.78 is 41.1. The zero-order chi connectivity index (χ0) is 15.5. The van der Waals surface area contributed by atoms with Crippen LogP contribution in [-0.2, 0) is 19.6 Å². The summed E-state index contributed by atoms with van der Waals surface area (Å²) in [4.78, 5) is 4.20. The third-order valence-corrected chi connectivity index (χ3v) is 3.57. The molecule has 1 heterocycles. The fourth-order valence-electron chi connectivity index (χ4n) is 2.43. The van der Waals surface area contributed by atoms with Crippen molar-refractivity contribution in [1.82, 2.24) is 14.9 Å². The standard InChI is InChI=1S/C15H18F3N3/c1-19-13(7-8-14-20-9-10-21(14)2)11-5-3-4-6-12(11)15(16,17)18/h3-6,9-10,13,19H,7-8H2,1-2H3. The number of aromatic nitrogens is 2. The van der Waals surface area contributed by atoms with Gasteiger partial charge in [-0.05, 0) is 25.1 Å². The quantitative estimate of drug-likeness (QED) is 0.917. The Morgan fingerprint density at radius 3 is 2.57 bits per heavy atom. The monoisotopic (exact) mass is 297 g/mol. The first-order valence-corrected chi connectivity index (χ1v) is 6.73. The van der Waals surface area contributed by atoms with Gasteiger partial charge in [-0.25, -0.2) is 4.98 Å². The van der Waals surface area contributed by atoms with Gasteiger partial charge in [-0.2, -0.15) is 13.2 Å². The van der Waals surface area contributed by atoms with Gasteiger partial charge in [0.2, 0.25) is 0 Å². The molecule has 0 aliphatic rings. The minimum absolute atomic E-state index is 0.279. The summed E-state index contributed by atoms with van der Waals surface area (Å²) >= 11 is 0. The minimum Gasteiger partial charge on any atom is -0.338 e. The SMILES string of the molecule is CNC(CCc1nccn1C)c1ccccc1C(F)(F)F. The van der Waals surface area contributed by atoms with Crippen molar-refractivity contribution in [2.45, 2.75) is 25.1 Å². The molecule has 114 valence electrons. The number of nitrogens with one attached hydrogen (secondary N) is 1. The van der Waals surface area contributed by atoms with E-state index in [0.29, 0.717) is 12.8 Å². The Kier molecular flexibility index (Phi) is 4.67. The predicted octanol–water partition coefficient (Wildman–Crippen LogP) is 3.33. The van der Waals surface area contributed by atoms with Gasteiger partial charge in [-0.3, -0.25) is 0 Å². The largest absolute Gasteiger partial charge is 0.416 e. The molecular weight excluding hydrogens is 279 g/mol. The van der Waals surface area contributed by atoms with Crippen molar-refractivity contribution in [3.63, 3.8) is 0 Å². The van der Waals surface area contributed by atoms with Crippen LogP contribution in [0.5, 0.6) is 0 Å². The summed E-state index contributed by atoms with van der Waals surface area (Å²) in [6, 6.07) is 5.34.